The van der Waals surface area contributed by atoms with Gasteiger partial charge in [0, 0.05) is 12.5 Å². The molecular weight excluding hydrogens is 458 g/mol. The topological polar surface area (TPSA) is 75.3 Å². The molecule has 0 spiro atoms. The third kappa shape index (κ3) is 6.00. The Labute approximate surface area is 211 Å². The fourth-order valence-electron chi connectivity index (χ4n) is 4.60. The van der Waals surface area contributed by atoms with Crippen molar-refractivity contribution >= 4 is 5.91 Å². The van der Waals surface area contributed by atoms with Gasteiger partial charge in [0.15, 0.2) is 12.6 Å². The molecule has 5 rings (SSSR count). The van der Waals surface area contributed by atoms with Crippen LogP contribution in [0.25, 0.3) is 0 Å². The van der Waals surface area contributed by atoms with Gasteiger partial charge in [0.25, 0.3) is 0 Å². The number of hydrogen-bond donors (Lipinski definition) is 1. The highest BCUT2D eigenvalue weighted by atomic mass is 16.7. The van der Waals surface area contributed by atoms with Crippen LogP contribution in [0.1, 0.15) is 29.9 Å². The van der Waals surface area contributed by atoms with Gasteiger partial charge in [-0.25, -0.2) is 0 Å². The van der Waals surface area contributed by atoms with Gasteiger partial charge in [0.1, 0.15) is 24.4 Å². The number of hydrogen-bond acceptors (Lipinski definition) is 6. The quantitative estimate of drug-likeness (QED) is 0.513. The minimum absolute atomic E-state index is 0.199. The van der Waals surface area contributed by atoms with Crippen molar-refractivity contribution in [3.05, 3.63) is 108 Å². The molecule has 0 bridgehead atoms. The van der Waals surface area contributed by atoms with E-state index in [1.54, 1.807) is 0 Å². The minimum atomic E-state index is -0.739. The average Bonchev–Trinajstić information content (AvgIpc) is 2.92. The highest BCUT2D eigenvalue weighted by Gasteiger charge is 2.51. The lowest BCUT2D eigenvalue weighted by atomic mass is 9.95. The molecule has 7 heteroatoms. The molecule has 0 aromatic heterocycles. The Morgan fingerprint density at radius 1 is 0.833 bits per heavy atom. The summed E-state index contributed by atoms with van der Waals surface area (Å²) in [6.07, 6.45) is -2.71. The summed E-state index contributed by atoms with van der Waals surface area (Å²) < 4.78 is 31.4. The lowest BCUT2D eigenvalue weighted by Gasteiger charge is -2.49. The fourth-order valence-corrected chi connectivity index (χ4v) is 4.60. The van der Waals surface area contributed by atoms with E-state index < -0.39 is 36.9 Å². The van der Waals surface area contributed by atoms with E-state index in [1.807, 2.05) is 91.0 Å². The van der Waals surface area contributed by atoms with E-state index in [2.05, 4.69) is 5.32 Å². The third-order valence-corrected chi connectivity index (χ3v) is 6.32. The number of ether oxygens (including phenoxy) is 5. The van der Waals surface area contributed by atoms with E-state index >= 15 is 0 Å². The second-order valence-corrected chi connectivity index (χ2v) is 9.00. The summed E-state index contributed by atoms with van der Waals surface area (Å²) in [5, 5.41) is 3.01. The second-order valence-electron chi connectivity index (χ2n) is 9.00. The summed E-state index contributed by atoms with van der Waals surface area (Å²) in [4.78, 5) is 12.3. The van der Waals surface area contributed by atoms with E-state index in [1.165, 1.54) is 6.92 Å². The van der Waals surface area contributed by atoms with Crippen LogP contribution in [0.4, 0.5) is 0 Å². The Balaban J connectivity index is 1.40. The molecule has 1 amide bonds. The number of fused-ring (bicyclic) bond motifs is 1. The summed E-state index contributed by atoms with van der Waals surface area (Å²) in [7, 11) is 0. The Bertz CT molecular complexity index is 1100. The first kappa shape index (κ1) is 24.6. The van der Waals surface area contributed by atoms with Crippen LogP contribution < -0.4 is 5.32 Å². The Morgan fingerprint density at radius 3 is 2.03 bits per heavy atom. The van der Waals surface area contributed by atoms with Gasteiger partial charge in [-0.2, -0.15) is 0 Å². The molecule has 3 aromatic carbocycles. The zero-order valence-corrected chi connectivity index (χ0v) is 20.2. The monoisotopic (exact) mass is 489 g/mol. The predicted molar refractivity (Wildman–Crippen MR) is 133 cm³/mol. The number of benzene rings is 3. The van der Waals surface area contributed by atoms with E-state index in [9.17, 15) is 4.79 Å². The first-order chi connectivity index (χ1) is 17.7. The van der Waals surface area contributed by atoms with Crippen LogP contribution in [0.2, 0.25) is 0 Å². The lowest BCUT2D eigenvalue weighted by molar-refractivity contribution is -0.350. The Morgan fingerprint density at radius 2 is 1.42 bits per heavy atom. The van der Waals surface area contributed by atoms with Crippen molar-refractivity contribution in [1.29, 1.82) is 0 Å². The van der Waals surface area contributed by atoms with Gasteiger partial charge in [0.2, 0.25) is 5.91 Å². The number of carbonyl (C=O) groups is 1. The van der Waals surface area contributed by atoms with Crippen molar-refractivity contribution in [2.75, 3.05) is 6.61 Å². The van der Waals surface area contributed by atoms with Crippen molar-refractivity contribution in [3.8, 4) is 0 Å². The van der Waals surface area contributed by atoms with Crippen LogP contribution in [0.15, 0.2) is 91.0 Å². The standard InChI is InChI=1S/C29H31NO6/c1-20(31)30-25-27(32-17-21-11-5-2-6-12-21)26-24(19-34-28(36-26)23-15-9-4-10-16-23)35-29(25)33-18-22-13-7-3-8-14-22/h2-16,24-29H,17-19H2,1H3,(H,30,31)/t24-,25-,26-,27-,28?,29?/m1/s1. The molecule has 3 aromatic rings. The highest BCUT2D eigenvalue weighted by Crippen LogP contribution is 2.36. The fraction of sp³-hybridized carbons (Fsp3) is 0.345. The van der Waals surface area contributed by atoms with Gasteiger partial charge >= 0.3 is 0 Å². The molecule has 2 saturated heterocycles. The zero-order valence-electron chi connectivity index (χ0n) is 20.2. The first-order valence-electron chi connectivity index (χ1n) is 12.2. The third-order valence-electron chi connectivity index (χ3n) is 6.32. The van der Waals surface area contributed by atoms with Crippen molar-refractivity contribution in [3.63, 3.8) is 0 Å². The van der Waals surface area contributed by atoms with E-state index in [0.717, 1.165) is 16.7 Å². The summed E-state index contributed by atoms with van der Waals surface area (Å²) in [5.41, 5.74) is 2.94. The summed E-state index contributed by atoms with van der Waals surface area (Å²) in [6, 6.07) is 29.0. The second kappa shape index (κ2) is 11.8. The van der Waals surface area contributed by atoms with Gasteiger partial charge in [-0.15, -0.1) is 0 Å². The molecule has 2 aliphatic heterocycles. The van der Waals surface area contributed by atoms with Crippen LogP contribution in [-0.4, -0.2) is 43.2 Å². The van der Waals surface area contributed by atoms with Gasteiger partial charge in [-0.05, 0) is 11.1 Å². The normalized spacial score (nSPS) is 27.7. The van der Waals surface area contributed by atoms with Crippen LogP contribution in [0.5, 0.6) is 0 Å². The zero-order chi connectivity index (χ0) is 24.7. The van der Waals surface area contributed by atoms with Crippen LogP contribution in [0, 0.1) is 0 Å². The lowest BCUT2D eigenvalue weighted by Crippen LogP contribution is -2.67. The maximum absolute atomic E-state index is 12.3. The maximum atomic E-state index is 12.3. The minimum Gasteiger partial charge on any atom is -0.368 e. The Kier molecular flexibility index (Phi) is 8.05. The van der Waals surface area contributed by atoms with Gasteiger partial charge in [0.05, 0.1) is 19.8 Å². The van der Waals surface area contributed by atoms with Gasteiger partial charge in [-0.3, -0.25) is 4.79 Å². The molecule has 6 atom stereocenters. The molecule has 0 aliphatic carbocycles. The first-order valence-corrected chi connectivity index (χ1v) is 12.2. The summed E-state index contributed by atoms with van der Waals surface area (Å²) in [5.74, 6) is -0.199. The molecule has 2 unspecified atom stereocenters. The van der Waals surface area contributed by atoms with Crippen LogP contribution in [-0.2, 0) is 41.7 Å². The Hall–Kier alpha value is -3.07. The molecule has 36 heavy (non-hydrogen) atoms. The van der Waals surface area contributed by atoms with Gasteiger partial charge < -0.3 is 29.0 Å². The summed E-state index contributed by atoms with van der Waals surface area (Å²) >= 11 is 0. The predicted octanol–water partition coefficient (Wildman–Crippen LogP) is 4.13. The smallest absolute Gasteiger partial charge is 0.217 e. The number of nitrogens with one attached hydrogen (secondary N) is 1. The largest absolute Gasteiger partial charge is 0.368 e. The molecule has 2 heterocycles. The van der Waals surface area contributed by atoms with E-state index in [-0.39, 0.29) is 5.91 Å². The maximum Gasteiger partial charge on any atom is 0.217 e. The molecule has 188 valence electrons. The number of carbonyl (C=O) groups excluding carboxylic acids is 1. The molecule has 7 nitrogen and oxygen atoms in total. The molecule has 0 saturated carbocycles. The van der Waals surface area contributed by atoms with Crippen molar-refractivity contribution in [2.45, 2.75) is 57.1 Å². The highest BCUT2D eigenvalue weighted by molar-refractivity contribution is 5.73. The molecule has 2 aliphatic rings. The molecule has 2 fully saturated rings. The van der Waals surface area contributed by atoms with Crippen molar-refractivity contribution < 1.29 is 28.5 Å². The van der Waals surface area contributed by atoms with Crippen molar-refractivity contribution in [2.24, 2.45) is 0 Å². The molecular formula is C29H31NO6. The van der Waals surface area contributed by atoms with E-state index in [4.69, 9.17) is 23.7 Å². The van der Waals surface area contributed by atoms with Crippen LogP contribution in [0.3, 0.4) is 0 Å². The molecule has 1 N–H and O–H groups in total. The number of rotatable bonds is 8. The number of amides is 1. The SMILES string of the molecule is CC(=O)N[C@H]1C(OCc2ccccc2)O[C@@H]2COC(c3ccccc3)O[C@H]2[C@@H]1OCc1ccccc1. The molecule has 0 radical (unpaired) electrons. The summed E-state index contributed by atoms with van der Waals surface area (Å²) in [6.45, 7) is 2.48. The van der Waals surface area contributed by atoms with Crippen LogP contribution >= 0.6 is 0 Å². The van der Waals surface area contributed by atoms with Gasteiger partial charge in [-0.1, -0.05) is 91.0 Å². The average molecular weight is 490 g/mol. The van der Waals surface area contributed by atoms with E-state index in [0.29, 0.717) is 19.8 Å². The van der Waals surface area contributed by atoms with Crippen molar-refractivity contribution in [1.82, 2.24) is 5.32 Å².